The SMILES string of the molecule is Cn1ncc2c(-c3ccccc3Cl)ncnc21. The molecule has 0 fully saturated rings. The first-order valence-corrected chi connectivity index (χ1v) is 5.53. The molecule has 0 saturated heterocycles. The molecule has 0 radical (unpaired) electrons. The molecule has 3 rings (SSSR count). The maximum atomic E-state index is 6.18. The topological polar surface area (TPSA) is 43.6 Å². The van der Waals surface area contributed by atoms with Gasteiger partial charge in [0.2, 0.25) is 0 Å². The van der Waals surface area contributed by atoms with E-state index in [-0.39, 0.29) is 0 Å². The Bertz CT molecular complexity index is 690. The molecule has 0 aliphatic carbocycles. The second kappa shape index (κ2) is 3.82. The third kappa shape index (κ3) is 1.57. The van der Waals surface area contributed by atoms with Gasteiger partial charge in [-0.1, -0.05) is 29.8 Å². The van der Waals surface area contributed by atoms with Gasteiger partial charge in [0.25, 0.3) is 0 Å². The highest BCUT2D eigenvalue weighted by atomic mass is 35.5. The van der Waals surface area contributed by atoms with Gasteiger partial charge in [0.15, 0.2) is 5.65 Å². The molecule has 3 aromatic rings. The van der Waals surface area contributed by atoms with E-state index in [1.165, 1.54) is 6.33 Å². The molecule has 17 heavy (non-hydrogen) atoms. The fraction of sp³-hybridized carbons (Fsp3) is 0.0833. The van der Waals surface area contributed by atoms with Gasteiger partial charge in [0, 0.05) is 17.6 Å². The van der Waals surface area contributed by atoms with E-state index in [1.54, 1.807) is 10.9 Å². The number of aryl methyl sites for hydroxylation is 1. The maximum absolute atomic E-state index is 6.18. The number of fused-ring (bicyclic) bond motifs is 1. The normalized spacial score (nSPS) is 10.9. The van der Waals surface area contributed by atoms with E-state index in [2.05, 4.69) is 15.1 Å². The summed E-state index contributed by atoms with van der Waals surface area (Å²) in [4.78, 5) is 8.51. The Balaban J connectivity index is 2.35. The number of halogens is 1. The lowest BCUT2D eigenvalue weighted by Gasteiger charge is -2.03. The lowest BCUT2D eigenvalue weighted by atomic mass is 10.1. The Kier molecular flexibility index (Phi) is 2.30. The fourth-order valence-corrected chi connectivity index (χ4v) is 2.06. The number of nitrogens with zero attached hydrogens (tertiary/aromatic N) is 4. The van der Waals surface area contributed by atoms with Crippen LogP contribution in [0, 0.1) is 0 Å². The minimum absolute atomic E-state index is 0.677. The Morgan fingerprint density at radius 3 is 2.82 bits per heavy atom. The van der Waals surface area contributed by atoms with Crippen molar-refractivity contribution in [3.05, 3.63) is 41.8 Å². The molecule has 84 valence electrons. The Morgan fingerprint density at radius 1 is 1.18 bits per heavy atom. The Morgan fingerprint density at radius 2 is 2.00 bits per heavy atom. The van der Waals surface area contributed by atoms with Gasteiger partial charge in [-0.15, -0.1) is 0 Å². The van der Waals surface area contributed by atoms with Crippen molar-refractivity contribution >= 4 is 22.6 Å². The zero-order valence-electron chi connectivity index (χ0n) is 9.13. The standard InChI is InChI=1S/C12H9ClN4/c1-17-12-9(6-16-17)11(14-7-15-12)8-4-2-3-5-10(8)13/h2-7H,1H3. The lowest BCUT2D eigenvalue weighted by molar-refractivity contribution is 0.785. The molecule has 0 N–H and O–H groups in total. The van der Waals surface area contributed by atoms with E-state index < -0.39 is 0 Å². The van der Waals surface area contributed by atoms with Crippen LogP contribution in [-0.2, 0) is 7.05 Å². The van der Waals surface area contributed by atoms with Crippen molar-refractivity contribution in [2.24, 2.45) is 7.05 Å². The van der Waals surface area contributed by atoms with Crippen molar-refractivity contribution < 1.29 is 0 Å². The van der Waals surface area contributed by atoms with Gasteiger partial charge in [0.1, 0.15) is 6.33 Å². The molecule has 0 aliphatic rings. The highest BCUT2D eigenvalue weighted by Crippen LogP contribution is 2.30. The molecular weight excluding hydrogens is 236 g/mol. The van der Waals surface area contributed by atoms with Crippen molar-refractivity contribution in [1.82, 2.24) is 19.7 Å². The minimum Gasteiger partial charge on any atom is -0.250 e. The summed E-state index contributed by atoms with van der Waals surface area (Å²) in [5, 5.41) is 5.77. The predicted molar refractivity (Wildman–Crippen MR) is 66.8 cm³/mol. The number of benzene rings is 1. The summed E-state index contributed by atoms with van der Waals surface area (Å²) in [5.41, 5.74) is 2.51. The van der Waals surface area contributed by atoms with Crippen LogP contribution in [0.25, 0.3) is 22.3 Å². The third-order valence-corrected chi connectivity index (χ3v) is 2.99. The summed E-state index contributed by atoms with van der Waals surface area (Å²) in [5.74, 6) is 0. The highest BCUT2D eigenvalue weighted by Gasteiger charge is 2.11. The molecule has 0 atom stereocenters. The summed E-state index contributed by atoms with van der Waals surface area (Å²) in [6.45, 7) is 0. The van der Waals surface area contributed by atoms with Crippen LogP contribution in [0.5, 0.6) is 0 Å². The molecule has 0 unspecified atom stereocenters. The van der Waals surface area contributed by atoms with Crippen LogP contribution in [-0.4, -0.2) is 19.7 Å². The molecule has 0 aliphatic heterocycles. The van der Waals surface area contributed by atoms with Gasteiger partial charge in [0.05, 0.1) is 17.3 Å². The number of hydrogen-bond donors (Lipinski definition) is 0. The quantitative estimate of drug-likeness (QED) is 0.661. The second-order valence-corrected chi connectivity index (χ2v) is 4.11. The highest BCUT2D eigenvalue weighted by molar-refractivity contribution is 6.33. The minimum atomic E-state index is 0.677. The van der Waals surface area contributed by atoms with Crippen LogP contribution in [0.1, 0.15) is 0 Å². The summed E-state index contributed by atoms with van der Waals surface area (Å²) in [6, 6.07) is 7.62. The van der Waals surface area contributed by atoms with Gasteiger partial charge < -0.3 is 0 Å². The van der Waals surface area contributed by atoms with E-state index in [4.69, 9.17) is 11.6 Å². The van der Waals surface area contributed by atoms with Crippen LogP contribution in [0.3, 0.4) is 0 Å². The van der Waals surface area contributed by atoms with Crippen LogP contribution < -0.4 is 0 Å². The molecule has 1 aromatic carbocycles. The van der Waals surface area contributed by atoms with Gasteiger partial charge in [-0.05, 0) is 6.07 Å². The number of hydrogen-bond acceptors (Lipinski definition) is 3. The van der Waals surface area contributed by atoms with E-state index in [0.717, 1.165) is 22.3 Å². The Hall–Kier alpha value is -1.94. The maximum Gasteiger partial charge on any atom is 0.161 e. The molecule has 5 heteroatoms. The lowest BCUT2D eigenvalue weighted by Crippen LogP contribution is -1.93. The van der Waals surface area contributed by atoms with E-state index in [1.807, 2.05) is 31.3 Å². The predicted octanol–water partition coefficient (Wildman–Crippen LogP) is 2.68. The summed E-state index contributed by atoms with van der Waals surface area (Å²) < 4.78 is 1.72. The van der Waals surface area contributed by atoms with Crippen molar-refractivity contribution in [3.8, 4) is 11.3 Å². The molecule has 2 heterocycles. The molecule has 0 bridgehead atoms. The molecule has 2 aromatic heterocycles. The monoisotopic (exact) mass is 244 g/mol. The molecule has 4 nitrogen and oxygen atoms in total. The van der Waals surface area contributed by atoms with Crippen molar-refractivity contribution in [1.29, 1.82) is 0 Å². The molecule has 0 saturated carbocycles. The van der Waals surface area contributed by atoms with Gasteiger partial charge in [-0.3, -0.25) is 4.68 Å². The van der Waals surface area contributed by atoms with Crippen molar-refractivity contribution in [2.75, 3.05) is 0 Å². The zero-order chi connectivity index (χ0) is 11.8. The van der Waals surface area contributed by atoms with Crippen LogP contribution >= 0.6 is 11.6 Å². The van der Waals surface area contributed by atoms with E-state index in [0.29, 0.717) is 5.02 Å². The van der Waals surface area contributed by atoms with Gasteiger partial charge in [-0.2, -0.15) is 5.10 Å². The summed E-state index contributed by atoms with van der Waals surface area (Å²) in [7, 11) is 1.85. The van der Waals surface area contributed by atoms with E-state index in [9.17, 15) is 0 Å². The number of aromatic nitrogens is 4. The molecule has 0 spiro atoms. The Labute approximate surface area is 103 Å². The zero-order valence-corrected chi connectivity index (χ0v) is 9.89. The van der Waals surface area contributed by atoms with Crippen molar-refractivity contribution in [2.45, 2.75) is 0 Å². The fourth-order valence-electron chi connectivity index (χ4n) is 1.83. The third-order valence-electron chi connectivity index (χ3n) is 2.66. The molecule has 0 amide bonds. The van der Waals surface area contributed by atoms with Gasteiger partial charge in [-0.25, -0.2) is 9.97 Å². The smallest absolute Gasteiger partial charge is 0.161 e. The van der Waals surface area contributed by atoms with Crippen LogP contribution in [0.4, 0.5) is 0 Å². The first kappa shape index (κ1) is 10.2. The first-order chi connectivity index (χ1) is 8.27. The summed E-state index contributed by atoms with van der Waals surface area (Å²) in [6.07, 6.45) is 3.29. The van der Waals surface area contributed by atoms with Crippen molar-refractivity contribution in [3.63, 3.8) is 0 Å². The number of rotatable bonds is 1. The average molecular weight is 245 g/mol. The van der Waals surface area contributed by atoms with Crippen LogP contribution in [0.15, 0.2) is 36.8 Å². The largest absolute Gasteiger partial charge is 0.250 e. The van der Waals surface area contributed by atoms with Gasteiger partial charge >= 0.3 is 0 Å². The van der Waals surface area contributed by atoms with E-state index >= 15 is 0 Å². The average Bonchev–Trinajstić information content (AvgIpc) is 2.72. The second-order valence-electron chi connectivity index (χ2n) is 3.71. The first-order valence-electron chi connectivity index (χ1n) is 5.15. The molecular formula is C12H9ClN4. The van der Waals surface area contributed by atoms with Crippen LogP contribution in [0.2, 0.25) is 5.02 Å². The summed E-state index contributed by atoms with van der Waals surface area (Å²) >= 11 is 6.18.